The molecule has 1 aliphatic heterocycles. The van der Waals surface area contributed by atoms with E-state index in [2.05, 4.69) is 39.4 Å². The van der Waals surface area contributed by atoms with E-state index >= 15 is 0 Å². The summed E-state index contributed by atoms with van der Waals surface area (Å²) in [5, 5.41) is 6.93. The van der Waals surface area contributed by atoms with Gasteiger partial charge in [0.1, 0.15) is 0 Å². The maximum Gasteiger partial charge on any atom is 0.191 e. The molecule has 1 aliphatic rings. The van der Waals surface area contributed by atoms with Gasteiger partial charge < -0.3 is 15.5 Å². The first kappa shape index (κ1) is 19.6. The highest BCUT2D eigenvalue weighted by Crippen LogP contribution is 2.13. The van der Waals surface area contributed by atoms with Crippen LogP contribution >= 0.6 is 35.3 Å². The smallest absolute Gasteiger partial charge is 0.191 e. The van der Waals surface area contributed by atoms with Crippen LogP contribution in [0.2, 0.25) is 0 Å². The molecule has 0 radical (unpaired) electrons. The van der Waals surface area contributed by atoms with Gasteiger partial charge in [-0.15, -0.1) is 35.3 Å². The van der Waals surface area contributed by atoms with Crippen LogP contribution < -0.4 is 10.6 Å². The number of rotatable bonds is 4. The fourth-order valence-electron chi connectivity index (χ4n) is 2.61. The third-order valence-corrected chi connectivity index (χ3v) is 5.02. The van der Waals surface area contributed by atoms with Gasteiger partial charge in [-0.3, -0.25) is 4.99 Å². The Morgan fingerprint density at radius 2 is 2.14 bits per heavy atom. The third kappa shape index (κ3) is 5.66. The van der Waals surface area contributed by atoms with Crippen LogP contribution in [0, 0.1) is 6.92 Å². The molecule has 0 aromatic carbocycles. The van der Waals surface area contributed by atoms with Crippen LogP contribution in [0.15, 0.2) is 10.5 Å². The van der Waals surface area contributed by atoms with E-state index in [0.29, 0.717) is 12.1 Å². The van der Waals surface area contributed by atoms with Gasteiger partial charge >= 0.3 is 0 Å². The second-order valence-corrected chi connectivity index (χ2v) is 6.77. The van der Waals surface area contributed by atoms with Crippen LogP contribution in [0.4, 0.5) is 0 Å². The van der Waals surface area contributed by atoms with E-state index in [0.717, 1.165) is 18.2 Å². The zero-order valence-electron chi connectivity index (χ0n) is 13.9. The van der Waals surface area contributed by atoms with Crippen LogP contribution in [0.5, 0.6) is 0 Å². The number of thiazole rings is 1. The fourth-order valence-corrected chi connectivity index (χ4v) is 3.32. The zero-order chi connectivity index (χ0) is 15.2. The third-order valence-electron chi connectivity index (χ3n) is 4.09. The van der Waals surface area contributed by atoms with Crippen molar-refractivity contribution in [2.75, 3.05) is 20.1 Å². The monoisotopic (exact) mass is 437 g/mol. The Labute approximate surface area is 155 Å². The zero-order valence-corrected chi connectivity index (χ0v) is 17.1. The average molecular weight is 437 g/mol. The number of aryl methyl sites for hydroxylation is 1. The summed E-state index contributed by atoms with van der Waals surface area (Å²) < 4.78 is 0. The van der Waals surface area contributed by atoms with Crippen molar-refractivity contribution < 1.29 is 0 Å². The van der Waals surface area contributed by atoms with Gasteiger partial charge in [-0.1, -0.05) is 0 Å². The number of aromatic nitrogens is 1. The number of halogens is 1. The van der Waals surface area contributed by atoms with Crippen LogP contribution in [0.3, 0.4) is 0 Å². The maximum atomic E-state index is 4.33. The summed E-state index contributed by atoms with van der Waals surface area (Å²) in [5.41, 5.74) is 3.00. The summed E-state index contributed by atoms with van der Waals surface area (Å²) in [6, 6.07) is 1.17. The molecule has 2 N–H and O–H groups in total. The number of hydrogen-bond acceptors (Lipinski definition) is 4. The van der Waals surface area contributed by atoms with Gasteiger partial charge in [-0.25, -0.2) is 4.98 Å². The molecule has 7 heteroatoms. The largest absolute Gasteiger partial charge is 0.354 e. The minimum absolute atomic E-state index is 0. The molecular weight excluding hydrogens is 409 g/mol. The van der Waals surface area contributed by atoms with Crippen molar-refractivity contribution in [3.63, 3.8) is 0 Å². The van der Waals surface area contributed by atoms with Crippen molar-refractivity contribution in [1.82, 2.24) is 20.5 Å². The highest BCUT2D eigenvalue weighted by Gasteiger charge is 2.21. The molecule has 0 atom stereocenters. The second kappa shape index (κ2) is 9.67. The number of likely N-dealkylation sites (tertiary alicyclic amines) is 1. The molecule has 0 aliphatic carbocycles. The number of hydrogen-bond donors (Lipinski definition) is 2. The standard InChI is InChI=1S/C15H27N5S.HI/c1-11(2)20-7-5-13(6-8-20)19-15(16-4)17-9-14-12(3)18-10-21-14;/h10-11,13H,5-9H2,1-4H3,(H2,16,17,19);1H. The van der Waals surface area contributed by atoms with Gasteiger partial charge in [0, 0.05) is 37.1 Å². The molecule has 0 amide bonds. The summed E-state index contributed by atoms with van der Waals surface area (Å²) in [6.07, 6.45) is 2.36. The number of aliphatic imine (C=N–C) groups is 1. The van der Waals surface area contributed by atoms with Crippen molar-refractivity contribution >= 4 is 41.3 Å². The molecule has 22 heavy (non-hydrogen) atoms. The van der Waals surface area contributed by atoms with Gasteiger partial charge in [-0.2, -0.15) is 0 Å². The molecular formula is C15H28IN5S. The summed E-state index contributed by atoms with van der Waals surface area (Å²) in [7, 11) is 1.83. The van der Waals surface area contributed by atoms with E-state index in [1.807, 2.05) is 19.5 Å². The normalized spacial score (nSPS) is 17.4. The van der Waals surface area contributed by atoms with E-state index in [1.54, 1.807) is 11.3 Å². The summed E-state index contributed by atoms with van der Waals surface area (Å²) in [5.74, 6) is 0.894. The molecule has 2 rings (SSSR count). The summed E-state index contributed by atoms with van der Waals surface area (Å²) >= 11 is 1.69. The molecule has 2 heterocycles. The molecule has 0 saturated carbocycles. The van der Waals surface area contributed by atoms with E-state index in [9.17, 15) is 0 Å². The van der Waals surface area contributed by atoms with Crippen molar-refractivity contribution in [3.8, 4) is 0 Å². The lowest BCUT2D eigenvalue weighted by Crippen LogP contribution is -2.49. The second-order valence-electron chi connectivity index (χ2n) is 5.84. The van der Waals surface area contributed by atoms with Crippen LogP contribution in [0.25, 0.3) is 0 Å². The van der Waals surface area contributed by atoms with E-state index in [-0.39, 0.29) is 24.0 Å². The SMILES string of the molecule is CN=C(NCc1scnc1C)NC1CCN(C(C)C)CC1.I. The number of nitrogens with one attached hydrogen (secondary N) is 2. The molecule has 0 spiro atoms. The molecule has 1 fully saturated rings. The van der Waals surface area contributed by atoms with E-state index < -0.39 is 0 Å². The minimum atomic E-state index is 0. The first-order valence-electron chi connectivity index (χ1n) is 7.70. The van der Waals surface area contributed by atoms with Crippen molar-refractivity contribution in [2.24, 2.45) is 4.99 Å². The van der Waals surface area contributed by atoms with Crippen molar-refractivity contribution in [2.45, 2.75) is 52.2 Å². The van der Waals surface area contributed by atoms with E-state index in [4.69, 9.17) is 0 Å². The summed E-state index contributed by atoms with van der Waals surface area (Å²) in [6.45, 7) is 9.71. The van der Waals surface area contributed by atoms with Gasteiger partial charge in [-0.05, 0) is 33.6 Å². The molecule has 126 valence electrons. The maximum absolute atomic E-state index is 4.33. The predicted octanol–water partition coefficient (Wildman–Crippen LogP) is 2.61. The van der Waals surface area contributed by atoms with Gasteiger partial charge in [0.2, 0.25) is 0 Å². The van der Waals surface area contributed by atoms with Crippen molar-refractivity contribution in [1.29, 1.82) is 0 Å². The number of nitrogens with zero attached hydrogens (tertiary/aromatic N) is 3. The molecule has 1 aromatic rings. The molecule has 0 bridgehead atoms. The number of guanidine groups is 1. The molecule has 1 aromatic heterocycles. The number of piperidine rings is 1. The van der Waals surface area contributed by atoms with E-state index in [1.165, 1.54) is 30.8 Å². The topological polar surface area (TPSA) is 52.6 Å². The lowest BCUT2D eigenvalue weighted by Gasteiger charge is -2.35. The minimum Gasteiger partial charge on any atom is -0.354 e. The Morgan fingerprint density at radius 1 is 1.45 bits per heavy atom. The first-order chi connectivity index (χ1) is 10.1. The highest BCUT2D eigenvalue weighted by molar-refractivity contribution is 14.0. The summed E-state index contributed by atoms with van der Waals surface area (Å²) in [4.78, 5) is 12.4. The lowest BCUT2D eigenvalue weighted by molar-refractivity contribution is 0.167. The average Bonchev–Trinajstić information content (AvgIpc) is 2.89. The van der Waals surface area contributed by atoms with Crippen LogP contribution in [-0.4, -0.2) is 48.1 Å². The van der Waals surface area contributed by atoms with Crippen molar-refractivity contribution in [3.05, 3.63) is 16.1 Å². The Bertz CT molecular complexity index is 466. The Hall–Kier alpha value is -0.410. The molecule has 5 nitrogen and oxygen atoms in total. The molecule has 1 saturated heterocycles. The van der Waals surface area contributed by atoms with Crippen LogP contribution in [-0.2, 0) is 6.54 Å². The Balaban J connectivity index is 0.00000242. The Morgan fingerprint density at radius 3 is 2.64 bits per heavy atom. The van der Waals surface area contributed by atoms with Crippen LogP contribution in [0.1, 0.15) is 37.3 Å². The molecule has 0 unspecified atom stereocenters. The predicted molar refractivity (Wildman–Crippen MR) is 105 cm³/mol. The van der Waals surface area contributed by atoms with Gasteiger partial charge in [0.05, 0.1) is 17.7 Å². The first-order valence-corrected chi connectivity index (χ1v) is 8.58. The Kier molecular flexibility index (Phi) is 8.63. The fraction of sp³-hybridized carbons (Fsp3) is 0.733. The van der Waals surface area contributed by atoms with Gasteiger partial charge in [0.15, 0.2) is 5.96 Å². The lowest BCUT2D eigenvalue weighted by atomic mass is 10.0. The highest BCUT2D eigenvalue weighted by atomic mass is 127. The van der Waals surface area contributed by atoms with Gasteiger partial charge in [0.25, 0.3) is 0 Å². The quantitative estimate of drug-likeness (QED) is 0.432.